The number of benzene rings is 2. The topological polar surface area (TPSA) is 97.4 Å². The van der Waals surface area contributed by atoms with Crippen molar-refractivity contribution in [2.45, 2.75) is 26.2 Å². The fourth-order valence-electron chi connectivity index (χ4n) is 3.59. The van der Waals surface area contributed by atoms with Crippen molar-refractivity contribution in [3.63, 3.8) is 0 Å². The highest BCUT2D eigenvalue weighted by atomic mass is 19.1. The SMILES string of the molecule is COCCn1cnc2c1c(=O)n(CC(=O)OCc1ccccc1F)c(=O)n2Cc1ccccc1. The Kier molecular flexibility index (Phi) is 6.98. The molecule has 0 atom stereocenters. The minimum Gasteiger partial charge on any atom is -0.459 e. The lowest BCUT2D eigenvalue weighted by atomic mass is 10.2. The van der Waals surface area contributed by atoms with Crippen LogP contribution >= 0.6 is 0 Å². The summed E-state index contributed by atoms with van der Waals surface area (Å²) in [5.74, 6) is -1.35. The third-order valence-corrected chi connectivity index (χ3v) is 5.34. The predicted molar refractivity (Wildman–Crippen MR) is 122 cm³/mol. The van der Waals surface area contributed by atoms with Gasteiger partial charge in [0, 0.05) is 19.2 Å². The fraction of sp³-hybridized carbons (Fsp3) is 0.250. The van der Waals surface area contributed by atoms with Crippen LogP contribution in [0.1, 0.15) is 11.1 Å². The zero-order valence-corrected chi connectivity index (χ0v) is 18.5. The van der Waals surface area contributed by atoms with Crippen molar-refractivity contribution >= 4 is 17.1 Å². The van der Waals surface area contributed by atoms with E-state index in [9.17, 15) is 18.8 Å². The third-order valence-electron chi connectivity index (χ3n) is 5.34. The van der Waals surface area contributed by atoms with Crippen LogP contribution in [-0.2, 0) is 40.5 Å². The quantitative estimate of drug-likeness (QED) is 0.350. The van der Waals surface area contributed by atoms with Gasteiger partial charge in [-0.05, 0) is 11.6 Å². The van der Waals surface area contributed by atoms with Crippen LogP contribution in [0.4, 0.5) is 4.39 Å². The molecule has 0 bridgehead atoms. The normalized spacial score (nSPS) is 11.1. The molecule has 0 radical (unpaired) electrons. The van der Waals surface area contributed by atoms with Crippen molar-refractivity contribution < 1.29 is 18.7 Å². The molecule has 0 aliphatic carbocycles. The second-order valence-corrected chi connectivity index (χ2v) is 7.60. The molecule has 176 valence electrons. The van der Waals surface area contributed by atoms with Gasteiger partial charge in [-0.1, -0.05) is 48.5 Å². The number of methoxy groups -OCH3 is 1. The Labute approximate surface area is 193 Å². The van der Waals surface area contributed by atoms with Gasteiger partial charge in [0.25, 0.3) is 5.56 Å². The van der Waals surface area contributed by atoms with E-state index in [1.807, 2.05) is 30.3 Å². The maximum Gasteiger partial charge on any atom is 0.333 e. The standard InChI is InChI=1S/C24H23FN4O5/c1-33-12-11-27-16-26-22-21(27)23(31)29(24(32)28(22)13-17-7-3-2-4-8-17)14-20(30)34-15-18-9-5-6-10-19(18)25/h2-10,16H,11-15H2,1H3. The molecule has 4 rings (SSSR count). The van der Waals surface area contributed by atoms with E-state index in [2.05, 4.69) is 4.98 Å². The van der Waals surface area contributed by atoms with Crippen LogP contribution in [0, 0.1) is 5.82 Å². The summed E-state index contributed by atoms with van der Waals surface area (Å²) in [6, 6.07) is 15.1. The molecule has 4 aromatic rings. The first kappa shape index (κ1) is 23.1. The van der Waals surface area contributed by atoms with Crippen molar-refractivity contribution in [1.82, 2.24) is 18.7 Å². The van der Waals surface area contributed by atoms with Gasteiger partial charge in [-0.15, -0.1) is 0 Å². The molecule has 2 aromatic carbocycles. The fourth-order valence-corrected chi connectivity index (χ4v) is 3.59. The van der Waals surface area contributed by atoms with Crippen LogP contribution in [0.15, 0.2) is 70.5 Å². The van der Waals surface area contributed by atoms with E-state index in [1.165, 1.54) is 36.2 Å². The molecule has 0 N–H and O–H groups in total. The summed E-state index contributed by atoms with van der Waals surface area (Å²) in [5.41, 5.74) is 0.0461. The molecule has 9 nitrogen and oxygen atoms in total. The molecule has 2 aromatic heterocycles. The number of carbonyl (C=O) groups is 1. The van der Waals surface area contributed by atoms with E-state index in [0.29, 0.717) is 13.2 Å². The van der Waals surface area contributed by atoms with Crippen molar-refractivity contribution in [2.24, 2.45) is 0 Å². The van der Waals surface area contributed by atoms with Crippen molar-refractivity contribution in [1.29, 1.82) is 0 Å². The Balaban J connectivity index is 1.71. The number of aromatic nitrogens is 4. The van der Waals surface area contributed by atoms with E-state index >= 15 is 0 Å². The third kappa shape index (κ3) is 4.81. The number of fused-ring (bicyclic) bond motifs is 1. The number of hydrogen-bond acceptors (Lipinski definition) is 6. The van der Waals surface area contributed by atoms with Crippen molar-refractivity contribution in [3.05, 3.63) is 98.7 Å². The maximum absolute atomic E-state index is 13.8. The lowest BCUT2D eigenvalue weighted by Crippen LogP contribution is -2.42. The summed E-state index contributed by atoms with van der Waals surface area (Å²) < 4.78 is 27.8. The molecule has 0 fully saturated rings. The number of imidazole rings is 1. The van der Waals surface area contributed by atoms with Crippen LogP contribution in [0.3, 0.4) is 0 Å². The Morgan fingerprint density at radius 2 is 1.76 bits per heavy atom. The van der Waals surface area contributed by atoms with Crippen molar-refractivity contribution in [2.75, 3.05) is 13.7 Å². The minimum absolute atomic E-state index is 0.155. The smallest absolute Gasteiger partial charge is 0.333 e. The van der Waals surface area contributed by atoms with Gasteiger partial charge in [0.05, 0.1) is 19.5 Å². The first-order valence-corrected chi connectivity index (χ1v) is 10.6. The lowest BCUT2D eigenvalue weighted by Gasteiger charge is -2.13. The largest absolute Gasteiger partial charge is 0.459 e. The molecule has 34 heavy (non-hydrogen) atoms. The monoisotopic (exact) mass is 466 g/mol. The van der Waals surface area contributed by atoms with Gasteiger partial charge in [-0.2, -0.15) is 0 Å². The molecule has 0 amide bonds. The highest BCUT2D eigenvalue weighted by molar-refractivity contribution is 5.72. The van der Waals surface area contributed by atoms with E-state index in [4.69, 9.17) is 9.47 Å². The van der Waals surface area contributed by atoms with Crippen LogP contribution in [0.25, 0.3) is 11.2 Å². The first-order valence-electron chi connectivity index (χ1n) is 10.6. The Morgan fingerprint density at radius 3 is 2.50 bits per heavy atom. The van der Waals surface area contributed by atoms with Gasteiger partial charge in [-0.3, -0.25) is 14.2 Å². The minimum atomic E-state index is -0.837. The second kappa shape index (κ2) is 10.3. The molecule has 2 heterocycles. The van der Waals surface area contributed by atoms with E-state index in [-0.39, 0.29) is 29.9 Å². The summed E-state index contributed by atoms with van der Waals surface area (Å²) in [6.07, 6.45) is 1.47. The van der Waals surface area contributed by atoms with Gasteiger partial charge in [0.1, 0.15) is 19.0 Å². The Bertz CT molecular complexity index is 1430. The molecule has 10 heteroatoms. The predicted octanol–water partition coefficient (Wildman–Crippen LogP) is 1.94. The van der Waals surface area contributed by atoms with Gasteiger partial charge in [0.2, 0.25) is 0 Å². The molecule has 0 aliphatic heterocycles. The van der Waals surface area contributed by atoms with Crippen LogP contribution in [0.5, 0.6) is 0 Å². The van der Waals surface area contributed by atoms with Crippen LogP contribution in [-0.4, -0.2) is 38.4 Å². The molecular weight excluding hydrogens is 443 g/mol. The first-order chi connectivity index (χ1) is 16.5. The number of esters is 1. The number of ether oxygens (including phenoxy) is 2. The molecule has 0 aliphatic rings. The number of halogens is 1. The van der Waals surface area contributed by atoms with Gasteiger partial charge < -0.3 is 14.0 Å². The zero-order chi connectivity index (χ0) is 24.1. The summed E-state index contributed by atoms with van der Waals surface area (Å²) >= 11 is 0. The van der Waals surface area contributed by atoms with Gasteiger partial charge in [-0.25, -0.2) is 18.7 Å². The number of rotatable bonds is 9. The van der Waals surface area contributed by atoms with Gasteiger partial charge >= 0.3 is 11.7 Å². The molecule has 0 spiro atoms. The maximum atomic E-state index is 13.8. The summed E-state index contributed by atoms with van der Waals surface area (Å²) in [4.78, 5) is 43.3. The number of hydrogen-bond donors (Lipinski definition) is 0. The van der Waals surface area contributed by atoms with Crippen LogP contribution < -0.4 is 11.2 Å². The van der Waals surface area contributed by atoms with Crippen molar-refractivity contribution in [3.8, 4) is 0 Å². The highest BCUT2D eigenvalue weighted by Gasteiger charge is 2.20. The van der Waals surface area contributed by atoms with E-state index < -0.39 is 29.6 Å². The number of carbonyl (C=O) groups excluding carboxylic acids is 1. The van der Waals surface area contributed by atoms with Gasteiger partial charge in [0.15, 0.2) is 11.2 Å². The van der Waals surface area contributed by atoms with Crippen LogP contribution in [0.2, 0.25) is 0 Å². The molecule has 0 saturated carbocycles. The van der Waals surface area contributed by atoms with E-state index in [0.717, 1.165) is 10.1 Å². The summed E-state index contributed by atoms with van der Waals surface area (Å²) in [7, 11) is 1.54. The highest BCUT2D eigenvalue weighted by Crippen LogP contribution is 2.11. The molecule has 0 unspecified atom stereocenters. The summed E-state index contributed by atoms with van der Waals surface area (Å²) in [5, 5.41) is 0. The molecular formula is C24H23FN4O5. The Morgan fingerprint density at radius 1 is 1.03 bits per heavy atom. The molecule has 0 saturated heterocycles. The average Bonchev–Trinajstić information content (AvgIpc) is 3.27. The summed E-state index contributed by atoms with van der Waals surface area (Å²) in [6.45, 7) is -0.113. The second-order valence-electron chi connectivity index (χ2n) is 7.60. The zero-order valence-electron chi connectivity index (χ0n) is 18.5. The Hall–Kier alpha value is -4.05. The van der Waals surface area contributed by atoms with E-state index in [1.54, 1.807) is 10.6 Å². The average molecular weight is 466 g/mol. The number of nitrogens with zero attached hydrogens (tertiary/aromatic N) is 4. The lowest BCUT2D eigenvalue weighted by molar-refractivity contribution is -0.145.